The van der Waals surface area contributed by atoms with Crippen LogP contribution in [0.25, 0.3) is 10.9 Å². The van der Waals surface area contributed by atoms with Gasteiger partial charge in [-0.2, -0.15) is 0 Å². The fourth-order valence-corrected chi connectivity index (χ4v) is 3.39. The van der Waals surface area contributed by atoms with Crippen molar-refractivity contribution in [1.82, 2.24) is 4.98 Å². The summed E-state index contributed by atoms with van der Waals surface area (Å²) in [7, 11) is 0. The summed E-state index contributed by atoms with van der Waals surface area (Å²) in [5.41, 5.74) is 2.47. The molecule has 119 valence electrons. The Morgan fingerprint density at radius 1 is 1.26 bits per heavy atom. The van der Waals surface area contributed by atoms with Gasteiger partial charge in [0.05, 0.1) is 9.50 Å². The van der Waals surface area contributed by atoms with Crippen LogP contribution in [0.4, 0.5) is 0 Å². The van der Waals surface area contributed by atoms with E-state index in [0.717, 1.165) is 22.2 Å². The number of halogens is 2. The van der Waals surface area contributed by atoms with Crippen molar-refractivity contribution in [1.29, 1.82) is 0 Å². The van der Waals surface area contributed by atoms with Gasteiger partial charge >= 0.3 is 0 Å². The molecule has 0 bridgehead atoms. The number of aromatic nitrogens is 1. The Labute approximate surface area is 149 Å². The van der Waals surface area contributed by atoms with Gasteiger partial charge in [-0.1, -0.05) is 31.4 Å². The van der Waals surface area contributed by atoms with Crippen LogP contribution in [0.3, 0.4) is 0 Å². The van der Waals surface area contributed by atoms with Crippen LogP contribution in [0.15, 0.2) is 41.0 Å². The Balaban J connectivity index is 1.88. The zero-order valence-corrected chi connectivity index (χ0v) is 15.3. The standard InChI is InChI=1S/C19H18BrClNO/c1-2-3-4-6-13-12-22-18-10-9-14(11-15(13)18)23-19-16(20)7-5-8-17(19)21/h7-12,22H,2-4,6H2,1H3. The first-order chi connectivity index (χ1) is 11.2. The Kier molecular flexibility index (Phi) is 5.29. The molecular weight excluding hydrogens is 374 g/mol. The van der Waals surface area contributed by atoms with Crippen LogP contribution >= 0.6 is 27.5 Å². The topological polar surface area (TPSA) is 25.0 Å². The van der Waals surface area contributed by atoms with Gasteiger partial charge in [0.1, 0.15) is 5.75 Å². The summed E-state index contributed by atoms with van der Waals surface area (Å²) in [6, 6.07) is 12.5. The first-order valence-corrected chi connectivity index (χ1v) is 8.99. The lowest BCUT2D eigenvalue weighted by atomic mass is 10.1. The van der Waals surface area contributed by atoms with Gasteiger partial charge in [0.2, 0.25) is 0 Å². The fourth-order valence-electron chi connectivity index (χ4n) is 2.64. The number of ether oxygens (including phenoxy) is 1. The molecule has 2 aromatic carbocycles. The lowest BCUT2D eigenvalue weighted by Crippen LogP contribution is -1.88. The smallest absolute Gasteiger partial charge is 0.160 e. The molecule has 3 aromatic rings. The highest BCUT2D eigenvalue weighted by atomic mass is 79.9. The predicted molar refractivity (Wildman–Crippen MR) is 99.6 cm³/mol. The van der Waals surface area contributed by atoms with Crippen LogP contribution in [0, 0.1) is 6.07 Å². The highest BCUT2D eigenvalue weighted by Crippen LogP contribution is 2.37. The lowest BCUT2D eigenvalue weighted by Gasteiger charge is -2.10. The van der Waals surface area contributed by atoms with E-state index in [1.165, 1.54) is 30.2 Å². The molecule has 0 fully saturated rings. The number of unbranched alkanes of at least 4 members (excludes halogenated alkanes) is 2. The van der Waals surface area contributed by atoms with E-state index in [1.54, 1.807) is 12.1 Å². The molecular formula is C19H18BrClNO. The number of H-pyrrole nitrogens is 1. The van der Waals surface area contributed by atoms with Crippen molar-refractivity contribution in [2.24, 2.45) is 0 Å². The quantitative estimate of drug-likeness (QED) is 0.454. The van der Waals surface area contributed by atoms with Crippen molar-refractivity contribution in [2.45, 2.75) is 32.6 Å². The van der Waals surface area contributed by atoms with Crippen LogP contribution in [0.5, 0.6) is 11.5 Å². The van der Waals surface area contributed by atoms with Crippen molar-refractivity contribution in [3.8, 4) is 11.5 Å². The summed E-state index contributed by atoms with van der Waals surface area (Å²) in [6.07, 6.45) is 6.88. The first kappa shape index (κ1) is 16.4. The average molecular weight is 392 g/mol. The molecule has 0 unspecified atom stereocenters. The maximum Gasteiger partial charge on any atom is 0.160 e. The van der Waals surface area contributed by atoms with Crippen molar-refractivity contribution in [3.05, 3.63) is 57.7 Å². The second kappa shape index (κ2) is 7.41. The zero-order valence-electron chi connectivity index (χ0n) is 13.0. The number of benzene rings is 2. The largest absolute Gasteiger partial charge is 0.455 e. The molecule has 3 rings (SSSR count). The highest BCUT2D eigenvalue weighted by molar-refractivity contribution is 9.10. The normalized spacial score (nSPS) is 11.1. The van der Waals surface area contributed by atoms with Gasteiger partial charge in [-0.05, 0) is 70.7 Å². The monoisotopic (exact) mass is 390 g/mol. The number of aromatic amines is 1. The SMILES string of the molecule is CCCCCc1c[nH]c2ccc(Oc3c(Cl)c[c]cc3Br)cc12. The zero-order chi connectivity index (χ0) is 16.2. The maximum atomic E-state index is 6.20. The van der Waals surface area contributed by atoms with Crippen LogP contribution in [0.1, 0.15) is 31.7 Å². The van der Waals surface area contributed by atoms with Gasteiger partial charge in [0.15, 0.2) is 5.75 Å². The summed E-state index contributed by atoms with van der Waals surface area (Å²) < 4.78 is 6.78. The van der Waals surface area contributed by atoms with Crippen molar-refractivity contribution in [2.75, 3.05) is 0 Å². The minimum atomic E-state index is 0.539. The molecule has 1 radical (unpaired) electrons. The molecule has 0 aliphatic rings. The number of hydrogen-bond acceptors (Lipinski definition) is 1. The summed E-state index contributed by atoms with van der Waals surface area (Å²) in [6.45, 7) is 2.22. The first-order valence-electron chi connectivity index (χ1n) is 7.82. The van der Waals surface area contributed by atoms with Gasteiger partial charge in [-0.15, -0.1) is 0 Å². The molecule has 1 heterocycles. The van der Waals surface area contributed by atoms with Gasteiger partial charge in [-0.25, -0.2) is 0 Å². The number of rotatable bonds is 6. The maximum absolute atomic E-state index is 6.20. The van der Waals surface area contributed by atoms with Gasteiger partial charge < -0.3 is 9.72 Å². The van der Waals surface area contributed by atoms with Gasteiger partial charge in [-0.3, -0.25) is 0 Å². The molecule has 0 spiro atoms. The molecule has 0 saturated carbocycles. The second-order valence-electron chi connectivity index (χ2n) is 5.56. The van der Waals surface area contributed by atoms with Crippen LogP contribution in [0.2, 0.25) is 5.02 Å². The van der Waals surface area contributed by atoms with Gasteiger partial charge in [0.25, 0.3) is 0 Å². The molecule has 2 nitrogen and oxygen atoms in total. The minimum absolute atomic E-state index is 0.539. The Bertz CT molecular complexity index is 792. The van der Waals surface area contributed by atoms with Gasteiger partial charge in [0, 0.05) is 17.1 Å². The van der Waals surface area contributed by atoms with Crippen LogP contribution < -0.4 is 4.74 Å². The van der Waals surface area contributed by atoms with Crippen LogP contribution in [-0.2, 0) is 6.42 Å². The molecule has 1 aromatic heterocycles. The van der Waals surface area contributed by atoms with E-state index in [0.29, 0.717) is 10.8 Å². The lowest BCUT2D eigenvalue weighted by molar-refractivity contribution is 0.480. The van der Waals surface area contributed by atoms with E-state index in [2.05, 4.69) is 46.2 Å². The predicted octanol–water partition coefficient (Wildman–Crippen LogP) is 6.91. The third-order valence-electron chi connectivity index (χ3n) is 3.86. The Morgan fingerprint density at radius 2 is 2.13 bits per heavy atom. The molecule has 0 amide bonds. The number of hydrogen-bond donors (Lipinski definition) is 1. The van der Waals surface area contributed by atoms with E-state index in [9.17, 15) is 0 Å². The molecule has 0 atom stereocenters. The summed E-state index contributed by atoms with van der Waals surface area (Å²) in [5.74, 6) is 1.40. The fraction of sp³-hybridized carbons (Fsp3) is 0.263. The number of nitrogens with one attached hydrogen (secondary N) is 1. The second-order valence-corrected chi connectivity index (χ2v) is 6.82. The third-order valence-corrected chi connectivity index (χ3v) is 4.73. The highest BCUT2D eigenvalue weighted by Gasteiger charge is 2.10. The van der Waals surface area contributed by atoms with E-state index < -0.39 is 0 Å². The summed E-state index contributed by atoms with van der Waals surface area (Å²) in [4.78, 5) is 3.33. The summed E-state index contributed by atoms with van der Waals surface area (Å²) in [5, 5.41) is 1.75. The minimum Gasteiger partial charge on any atom is -0.455 e. The third kappa shape index (κ3) is 3.73. The number of aryl methyl sites for hydroxylation is 1. The average Bonchev–Trinajstić information content (AvgIpc) is 2.94. The van der Waals surface area contributed by atoms with Crippen molar-refractivity contribution >= 4 is 38.4 Å². The van der Waals surface area contributed by atoms with E-state index >= 15 is 0 Å². The molecule has 1 N–H and O–H groups in total. The summed E-state index contributed by atoms with van der Waals surface area (Å²) >= 11 is 9.66. The van der Waals surface area contributed by atoms with E-state index in [1.807, 2.05) is 12.1 Å². The molecule has 23 heavy (non-hydrogen) atoms. The molecule has 4 heteroatoms. The van der Waals surface area contributed by atoms with Crippen LogP contribution in [-0.4, -0.2) is 4.98 Å². The molecule has 0 aliphatic carbocycles. The Hall–Kier alpha value is -1.45. The molecule has 0 aliphatic heterocycles. The Morgan fingerprint density at radius 3 is 2.91 bits per heavy atom. The van der Waals surface area contributed by atoms with E-state index in [4.69, 9.17) is 16.3 Å². The molecule has 0 saturated heterocycles. The number of fused-ring (bicyclic) bond motifs is 1. The van der Waals surface area contributed by atoms with Crippen molar-refractivity contribution in [3.63, 3.8) is 0 Å². The van der Waals surface area contributed by atoms with E-state index in [-0.39, 0.29) is 0 Å². The van der Waals surface area contributed by atoms with Crippen molar-refractivity contribution < 1.29 is 4.74 Å².